The van der Waals surface area contributed by atoms with Gasteiger partial charge in [-0.1, -0.05) is 31.2 Å². The van der Waals surface area contributed by atoms with E-state index in [0.29, 0.717) is 6.42 Å². The molecule has 2 rings (SSSR count). The predicted molar refractivity (Wildman–Crippen MR) is 62.1 cm³/mol. The number of carbonyl (C=O) groups is 1. The molecule has 2 nitrogen and oxygen atoms in total. The third-order valence-corrected chi connectivity index (χ3v) is 3.09. The summed E-state index contributed by atoms with van der Waals surface area (Å²) >= 11 is 0. The number of nitrogens with zero attached hydrogens (tertiary/aromatic N) is 1. The number of rotatable bonds is 4. The summed E-state index contributed by atoms with van der Waals surface area (Å²) in [6, 6.07) is 9.91. The molecule has 82 valence electrons. The van der Waals surface area contributed by atoms with E-state index >= 15 is 0 Å². The summed E-state index contributed by atoms with van der Waals surface area (Å²) in [7, 11) is 0. The first-order valence-corrected chi connectivity index (χ1v) is 5.73. The van der Waals surface area contributed by atoms with Gasteiger partial charge in [0.15, 0.2) is 5.78 Å². The fourth-order valence-corrected chi connectivity index (χ4v) is 1.85. The molecule has 0 aromatic heterocycles. The lowest BCUT2D eigenvalue weighted by Crippen LogP contribution is -2.10. The topological polar surface area (TPSA) is 40.9 Å². The van der Waals surface area contributed by atoms with Crippen molar-refractivity contribution in [2.24, 2.45) is 5.92 Å². The first kappa shape index (κ1) is 10.9. The molecule has 0 aliphatic heterocycles. The molecule has 16 heavy (non-hydrogen) atoms. The van der Waals surface area contributed by atoms with Gasteiger partial charge >= 0.3 is 0 Å². The minimum atomic E-state index is -0.197. The number of hydrogen-bond donors (Lipinski definition) is 0. The van der Waals surface area contributed by atoms with Gasteiger partial charge in [-0.05, 0) is 24.3 Å². The van der Waals surface area contributed by atoms with Crippen molar-refractivity contribution >= 4 is 5.78 Å². The maximum Gasteiger partial charge on any atom is 0.166 e. The molecule has 1 aromatic carbocycles. The maximum atomic E-state index is 11.9. The summed E-state index contributed by atoms with van der Waals surface area (Å²) < 4.78 is 0. The maximum absolute atomic E-state index is 11.9. The molecule has 0 bridgehead atoms. The zero-order valence-corrected chi connectivity index (χ0v) is 9.44. The minimum Gasteiger partial charge on any atom is -0.294 e. The van der Waals surface area contributed by atoms with Crippen LogP contribution in [0.4, 0.5) is 0 Å². The summed E-state index contributed by atoms with van der Waals surface area (Å²) in [5, 5.41) is 8.56. The van der Waals surface area contributed by atoms with Gasteiger partial charge in [0, 0.05) is 17.9 Å². The number of hydrogen-bond acceptors (Lipinski definition) is 2. The molecular formula is C14H15NO. The number of ketones is 1. The second-order valence-electron chi connectivity index (χ2n) is 4.52. The van der Waals surface area contributed by atoms with Crippen LogP contribution in [0.5, 0.6) is 0 Å². The highest BCUT2D eigenvalue weighted by Gasteiger charge is 2.23. The normalized spacial score (nSPS) is 16.5. The van der Waals surface area contributed by atoms with Gasteiger partial charge in [0.2, 0.25) is 0 Å². The highest BCUT2D eigenvalue weighted by atomic mass is 16.1. The molecule has 1 unspecified atom stereocenters. The van der Waals surface area contributed by atoms with E-state index in [1.807, 2.05) is 30.3 Å². The number of carbonyl (C=O) groups excluding carboxylic acids is 1. The molecule has 2 heteroatoms. The average Bonchev–Trinajstić information content (AvgIpc) is 3.12. The Morgan fingerprint density at radius 1 is 1.44 bits per heavy atom. The zero-order chi connectivity index (χ0) is 11.5. The van der Waals surface area contributed by atoms with Gasteiger partial charge in [0.25, 0.3) is 0 Å². The largest absolute Gasteiger partial charge is 0.294 e. The molecule has 1 fully saturated rings. The van der Waals surface area contributed by atoms with Crippen LogP contribution in [-0.2, 0) is 0 Å². The molecule has 0 saturated heterocycles. The van der Waals surface area contributed by atoms with Gasteiger partial charge in [-0.2, -0.15) is 5.26 Å². The monoisotopic (exact) mass is 213 g/mol. The van der Waals surface area contributed by atoms with Crippen LogP contribution >= 0.6 is 0 Å². The standard InChI is InChI=1S/C14H15NO/c1-10(8-9-15)14(16)13-6-4-12(5-7-13)11-2-3-11/h4-7,10-11H,2-3,8H2,1H3. The van der Waals surface area contributed by atoms with Gasteiger partial charge in [0.1, 0.15) is 0 Å². The van der Waals surface area contributed by atoms with Gasteiger partial charge in [0.05, 0.1) is 6.07 Å². The van der Waals surface area contributed by atoms with Crippen LogP contribution in [0.25, 0.3) is 0 Å². The average molecular weight is 213 g/mol. The van der Waals surface area contributed by atoms with Crippen LogP contribution in [0.2, 0.25) is 0 Å². The number of nitriles is 1. The Morgan fingerprint density at radius 2 is 2.06 bits per heavy atom. The molecule has 1 aromatic rings. The van der Waals surface area contributed by atoms with Crippen molar-refractivity contribution in [2.75, 3.05) is 0 Å². The van der Waals surface area contributed by atoms with Gasteiger partial charge in [-0.25, -0.2) is 0 Å². The van der Waals surface area contributed by atoms with E-state index in [4.69, 9.17) is 5.26 Å². The van der Waals surface area contributed by atoms with Crippen LogP contribution in [0.15, 0.2) is 24.3 Å². The second-order valence-corrected chi connectivity index (χ2v) is 4.52. The molecule has 0 heterocycles. The van der Waals surface area contributed by atoms with Crippen molar-refractivity contribution in [3.05, 3.63) is 35.4 Å². The van der Waals surface area contributed by atoms with E-state index in [1.54, 1.807) is 6.92 Å². The Bertz CT molecular complexity index is 423. The molecule has 0 amide bonds. The lowest BCUT2D eigenvalue weighted by Gasteiger charge is -2.06. The van der Waals surface area contributed by atoms with Crippen molar-refractivity contribution < 1.29 is 4.79 Å². The zero-order valence-electron chi connectivity index (χ0n) is 9.44. The summed E-state index contributed by atoms with van der Waals surface area (Å²) in [6.45, 7) is 1.81. The lowest BCUT2D eigenvalue weighted by atomic mass is 9.96. The van der Waals surface area contributed by atoms with Gasteiger partial charge in [-0.3, -0.25) is 4.79 Å². The van der Waals surface area contributed by atoms with Crippen molar-refractivity contribution in [1.82, 2.24) is 0 Å². The minimum absolute atomic E-state index is 0.0731. The summed E-state index contributed by atoms with van der Waals surface area (Å²) in [5.41, 5.74) is 2.07. The Kier molecular flexibility index (Phi) is 3.05. The molecule has 0 spiro atoms. The summed E-state index contributed by atoms with van der Waals surface area (Å²) in [4.78, 5) is 11.9. The fourth-order valence-electron chi connectivity index (χ4n) is 1.85. The first-order valence-electron chi connectivity index (χ1n) is 5.73. The quantitative estimate of drug-likeness (QED) is 0.720. The fraction of sp³-hybridized carbons (Fsp3) is 0.429. The predicted octanol–water partition coefficient (Wildman–Crippen LogP) is 3.30. The van der Waals surface area contributed by atoms with Crippen LogP contribution in [0.1, 0.15) is 48.0 Å². The third kappa shape index (κ3) is 2.30. The molecular weight excluding hydrogens is 198 g/mol. The van der Waals surface area contributed by atoms with Gasteiger partial charge < -0.3 is 0 Å². The van der Waals surface area contributed by atoms with E-state index in [0.717, 1.165) is 11.5 Å². The molecule has 1 aliphatic rings. The van der Waals surface area contributed by atoms with Crippen LogP contribution in [-0.4, -0.2) is 5.78 Å². The SMILES string of the molecule is CC(CC#N)C(=O)c1ccc(C2CC2)cc1. The van der Waals surface area contributed by atoms with Crippen molar-refractivity contribution in [1.29, 1.82) is 5.26 Å². The van der Waals surface area contributed by atoms with Gasteiger partial charge in [-0.15, -0.1) is 0 Å². The lowest BCUT2D eigenvalue weighted by molar-refractivity contribution is 0.0932. The van der Waals surface area contributed by atoms with Crippen molar-refractivity contribution in [3.63, 3.8) is 0 Å². The highest BCUT2D eigenvalue weighted by Crippen LogP contribution is 2.39. The van der Waals surface area contributed by atoms with E-state index < -0.39 is 0 Å². The number of benzene rings is 1. The van der Waals surface area contributed by atoms with Crippen molar-refractivity contribution in [2.45, 2.75) is 32.1 Å². The molecule has 0 N–H and O–H groups in total. The Morgan fingerprint density at radius 3 is 2.56 bits per heavy atom. The summed E-state index contributed by atoms with van der Waals surface area (Å²) in [6.07, 6.45) is 2.85. The highest BCUT2D eigenvalue weighted by molar-refractivity contribution is 5.97. The Labute approximate surface area is 95.9 Å². The van der Waals surface area contributed by atoms with E-state index in [2.05, 4.69) is 0 Å². The van der Waals surface area contributed by atoms with Crippen LogP contribution in [0.3, 0.4) is 0 Å². The number of Topliss-reactive ketones (excluding diaryl/α,β-unsaturated/α-hetero) is 1. The smallest absolute Gasteiger partial charge is 0.166 e. The Balaban J connectivity index is 2.09. The molecule has 1 atom stereocenters. The van der Waals surface area contributed by atoms with Crippen LogP contribution in [0, 0.1) is 17.2 Å². The second kappa shape index (κ2) is 4.49. The van der Waals surface area contributed by atoms with Crippen LogP contribution < -0.4 is 0 Å². The molecule has 0 radical (unpaired) electrons. The van der Waals surface area contributed by atoms with E-state index in [1.165, 1.54) is 18.4 Å². The molecule has 1 saturated carbocycles. The third-order valence-electron chi connectivity index (χ3n) is 3.09. The van der Waals surface area contributed by atoms with Crippen molar-refractivity contribution in [3.8, 4) is 6.07 Å². The first-order chi connectivity index (χ1) is 7.72. The molecule has 1 aliphatic carbocycles. The Hall–Kier alpha value is -1.62. The summed E-state index contributed by atoms with van der Waals surface area (Å²) in [5.74, 6) is 0.598. The van der Waals surface area contributed by atoms with E-state index in [-0.39, 0.29) is 11.7 Å². The van der Waals surface area contributed by atoms with E-state index in [9.17, 15) is 4.79 Å².